The van der Waals surface area contributed by atoms with Crippen molar-refractivity contribution < 1.29 is 22.0 Å². The van der Waals surface area contributed by atoms with Crippen molar-refractivity contribution >= 4 is 10.8 Å². The number of hydrogen-bond acceptors (Lipinski definition) is 0. The van der Waals surface area contributed by atoms with Gasteiger partial charge in [-0.2, -0.15) is 0 Å². The Labute approximate surface area is 195 Å². The minimum atomic E-state index is -0.967. The van der Waals surface area contributed by atoms with Gasteiger partial charge >= 0.3 is 0 Å². The minimum Gasteiger partial charge on any atom is -0.206 e. The first-order valence-corrected chi connectivity index (χ1v) is 11.0. The molecule has 0 aliphatic rings. The molecular formula is C29H21F5. The summed E-state index contributed by atoms with van der Waals surface area (Å²) in [4.78, 5) is 0. The zero-order valence-corrected chi connectivity index (χ0v) is 18.5. The van der Waals surface area contributed by atoms with E-state index in [0.717, 1.165) is 49.4 Å². The fraction of sp³-hybridized carbons (Fsp3) is 0.172. The Morgan fingerprint density at radius 3 is 2.15 bits per heavy atom. The van der Waals surface area contributed by atoms with Crippen LogP contribution in [0.3, 0.4) is 0 Å². The molecule has 34 heavy (non-hydrogen) atoms. The molecule has 0 atom stereocenters. The molecule has 0 saturated heterocycles. The quantitative estimate of drug-likeness (QED) is 0.158. The van der Waals surface area contributed by atoms with Gasteiger partial charge < -0.3 is 0 Å². The number of unbranched alkanes of at least 4 members (excludes halogenated alkanes) is 2. The molecule has 172 valence electrons. The highest BCUT2D eigenvalue weighted by Crippen LogP contribution is 2.28. The summed E-state index contributed by atoms with van der Waals surface area (Å²) in [6.07, 6.45) is 3.82. The van der Waals surface area contributed by atoms with Crippen LogP contribution < -0.4 is 0 Å². The van der Waals surface area contributed by atoms with Crippen molar-refractivity contribution in [3.05, 3.63) is 106 Å². The Kier molecular flexibility index (Phi) is 6.98. The molecule has 0 unspecified atom stereocenters. The van der Waals surface area contributed by atoms with Crippen LogP contribution in [0.1, 0.15) is 42.9 Å². The lowest BCUT2D eigenvalue weighted by molar-refractivity contribution is 0.517. The lowest BCUT2D eigenvalue weighted by Gasteiger charge is -2.08. The summed E-state index contributed by atoms with van der Waals surface area (Å²) in [6, 6.07) is 13.5. The highest BCUT2D eigenvalue weighted by molar-refractivity contribution is 5.84. The van der Waals surface area contributed by atoms with E-state index < -0.39 is 34.6 Å². The topological polar surface area (TPSA) is 0 Å². The largest absolute Gasteiger partial charge is 0.206 e. The third kappa shape index (κ3) is 4.97. The van der Waals surface area contributed by atoms with Crippen LogP contribution in [-0.4, -0.2) is 0 Å². The fourth-order valence-corrected chi connectivity index (χ4v) is 3.85. The first-order chi connectivity index (χ1) is 16.4. The van der Waals surface area contributed by atoms with Crippen molar-refractivity contribution in [3.63, 3.8) is 0 Å². The van der Waals surface area contributed by atoms with Gasteiger partial charge in [0.15, 0.2) is 11.6 Å². The summed E-state index contributed by atoms with van der Waals surface area (Å²) in [5, 5.41) is 0.501. The molecule has 0 radical (unpaired) electrons. The molecule has 0 spiro atoms. The van der Waals surface area contributed by atoms with E-state index >= 15 is 0 Å². The van der Waals surface area contributed by atoms with Gasteiger partial charge in [0.1, 0.15) is 17.5 Å². The molecule has 0 bridgehead atoms. The molecule has 0 amide bonds. The van der Waals surface area contributed by atoms with E-state index in [0.29, 0.717) is 10.9 Å². The Morgan fingerprint density at radius 1 is 0.676 bits per heavy atom. The molecule has 5 heteroatoms. The van der Waals surface area contributed by atoms with Crippen LogP contribution in [0.5, 0.6) is 0 Å². The highest BCUT2D eigenvalue weighted by Gasteiger charge is 2.14. The van der Waals surface area contributed by atoms with Gasteiger partial charge in [-0.05, 0) is 65.8 Å². The van der Waals surface area contributed by atoms with E-state index in [2.05, 4.69) is 18.8 Å². The number of hydrogen-bond donors (Lipinski definition) is 0. The molecule has 0 N–H and O–H groups in total. The summed E-state index contributed by atoms with van der Waals surface area (Å²) >= 11 is 0. The zero-order valence-electron chi connectivity index (χ0n) is 18.5. The maximum Gasteiger partial charge on any atom is 0.166 e. The number of benzene rings is 4. The monoisotopic (exact) mass is 464 g/mol. The van der Waals surface area contributed by atoms with Gasteiger partial charge in [-0.1, -0.05) is 55.9 Å². The highest BCUT2D eigenvalue weighted by atomic mass is 19.2. The van der Waals surface area contributed by atoms with Gasteiger partial charge in [0.2, 0.25) is 0 Å². The van der Waals surface area contributed by atoms with E-state index in [-0.39, 0.29) is 16.5 Å². The van der Waals surface area contributed by atoms with Crippen LogP contribution in [-0.2, 0) is 6.42 Å². The second-order valence-electron chi connectivity index (χ2n) is 8.13. The lowest BCUT2D eigenvalue weighted by Crippen LogP contribution is -1.95. The number of rotatable bonds is 5. The van der Waals surface area contributed by atoms with Crippen LogP contribution >= 0.6 is 0 Å². The summed E-state index contributed by atoms with van der Waals surface area (Å²) in [6.45, 7) is 2.09. The van der Waals surface area contributed by atoms with E-state index in [9.17, 15) is 22.0 Å². The third-order valence-corrected chi connectivity index (χ3v) is 5.69. The van der Waals surface area contributed by atoms with E-state index in [1.165, 1.54) is 36.4 Å². The molecule has 0 heterocycles. The second-order valence-corrected chi connectivity index (χ2v) is 8.13. The molecule has 4 aromatic rings. The SMILES string of the molecule is CCCCCc1ccc(-c2cc(F)c(C#Cc3ccc4c(F)c(F)ccc4c3)c(F)c2)c(F)c1. The van der Waals surface area contributed by atoms with Crippen molar-refractivity contribution in [2.75, 3.05) is 0 Å². The van der Waals surface area contributed by atoms with Crippen molar-refractivity contribution in [1.29, 1.82) is 0 Å². The maximum absolute atomic E-state index is 14.7. The normalized spacial score (nSPS) is 10.9. The molecule has 0 aliphatic carbocycles. The lowest BCUT2D eigenvalue weighted by atomic mass is 9.99. The number of fused-ring (bicyclic) bond motifs is 1. The van der Waals surface area contributed by atoms with Crippen LogP contribution in [0.2, 0.25) is 0 Å². The molecule has 0 saturated carbocycles. The van der Waals surface area contributed by atoms with Crippen molar-refractivity contribution in [1.82, 2.24) is 0 Å². The minimum absolute atomic E-state index is 0.0846. The van der Waals surface area contributed by atoms with E-state index in [1.807, 2.05) is 0 Å². The van der Waals surface area contributed by atoms with Crippen LogP contribution in [0.15, 0.2) is 60.7 Å². The van der Waals surface area contributed by atoms with Crippen LogP contribution in [0.25, 0.3) is 21.9 Å². The molecule has 0 nitrogen and oxygen atoms in total. The summed E-state index contributed by atoms with van der Waals surface area (Å²) in [7, 11) is 0. The van der Waals surface area contributed by atoms with Gasteiger partial charge in [-0.25, -0.2) is 22.0 Å². The zero-order chi connectivity index (χ0) is 24.2. The average molecular weight is 464 g/mol. The molecular weight excluding hydrogens is 443 g/mol. The number of aryl methyl sites for hydroxylation is 1. The van der Waals surface area contributed by atoms with Crippen LogP contribution in [0.4, 0.5) is 22.0 Å². The molecule has 0 fully saturated rings. The van der Waals surface area contributed by atoms with Crippen molar-refractivity contribution in [3.8, 4) is 23.0 Å². The summed E-state index contributed by atoms with van der Waals surface area (Å²) in [5.74, 6) is 0.818. The van der Waals surface area contributed by atoms with Gasteiger partial charge in [0, 0.05) is 16.5 Å². The Hall–Kier alpha value is -3.65. The molecule has 0 aliphatic heterocycles. The predicted octanol–water partition coefficient (Wildman–Crippen LogP) is 8.33. The van der Waals surface area contributed by atoms with Gasteiger partial charge in [0.05, 0.1) is 5.56 Å². The standard InChI is InChI=1S/C29H21F5/c1-2-3-4-5-18-6-10-22(26(31)15-18)21-16-27(32)24(28(33)17-21)12-8-19-7-11-23-20(14-19)9-13-25(30)29(23)34/h6-7,9-11,13-17H,2-5H2,1H3. The summed E-state index contributed by atoms with van der Waals surface area (Å²) in [5.41, 5.74) is 0.967. The summed E-state index contributed by atoms with van der Waals surface area (Å²) < 4.78 is 71.3. The Balaban J connectivity index is 1.62. The Morgan fingerprint density at radius 2 is 1.44 bits per heavy atom. The van der Waals surface area contributed by atoms with Gasteiger partial charge in [-0.3, -0.25) is 0 Å². The van der Waals surface area contributed by atoms with Crippen LogP contribution in [0, 0.1) is 40.9 Å². The first kappa shape index (κ1) is 23.5. The van der Waals surface area contributed by atoms with Gasteiger partial charge in [-0.15, -0.1) is 0 Å². The smallest absolute Gasteiger partial charge is 0.166 e. The maximum atomic E-state index is 14.7. The molecule has 0 aromatic heterocycles. The second kappa shape index (κ2) is 10.1. The van der Waals surface area contributed by atoms with E-state index in [1.54, 1.807) is 6.07 Å². The molecule has 4 rings (SSSR count). The Bertz CT molecular complexity index is 1400. The van der Waals surface area contributed by atoms with Crippen molar-refractivity contribution in [2.45, 2.75) is 32.6 Å². The predicted molar refractivity (Wildman–Crippen MR) is 125 cm³/mol. The van der Waals surface area contributed by atoms with E-state index in [4.69, 9.17) is 0 Å². The first-order valence-electron chi connectivity index (χ1n) is 11.0. The van der Waals surface area contributed by atoms with Gasteiger partial charge in [0.25, 0.3) is 0 Å². The average Bonchev–Trinajstić information content (AvgIpc) is 2.81. The van der Waals surface area contributed by atoms with Crippen molar-refractivity contribution in [2.24, 2.45) is 0 Å². The molecule has 4 aromatic carbocycles. The fourth-order valence-electron chi connectivity index (χ4n) is 3.85. The third-order valence-electron chi connectivity index (χ3n) is 5.69. The number of halogens is 5.